The molecule has 1 aromatic rings. The second-order valence-electron chi connectivity index (χ2n) is 5.12. The zero-order valence-corrected chi connectivity index (χ0v) is 11.3. The average molecular weight is 267 g/mol. The van der Waals surface area contributed by atoms with Crippen molar-refractivity contribution in [2.75, 3.05) is 6.54 Å². The van der Waals surface area contributed by atoms with Gasteiger partial charge in [-0.25, -0.2) is 0 Å². The zero-order chi connectivity index (χ0) is 13.7. The largest absolute Gasteiger partial charge is 0.481 e. The van der Waals surface area contributed by atoms with Crippen LogP contribution in [0, 0.1) is 11.8 Å². The highest BCUT2D eigenvalue weighted by atomic mass is 16.5. The van der Waals surface area contributed by atoms with Crippen molar-refractivity contribution in [1.29, 1.82) is 0 Å². The number of nitrogens with zero attached hydrogens (tertiary/aromatic N) is 2. The van der Waals surface area contributed by atoms with Gasteiger partial charge in [0.25, 0.3) is 0 Å². The van der Waals surface area contributed by atoms with Crippen LogP contribution in [0.15, 0.2) is 4.52 Å². The quantitative estimate of drug-likeness (QED) is 0.780. The average Bonchev–Trinajstić information content (AvgIpc) is 2.99. The molecule has 1 aliphatic rings. The fourth-order valence-corrected chi connectivity index (χ4v) is 2.65. The van der Waals surface area contributed by atoms with Crippen LogP contribution in [0.25, 0.3) is 0 Å². The van der Waals surface area contributed by atoms with E-state index in [9.17, 15) is 4.79 Å². The van der Waals surface area contributed by atoms with Crippen LogP contribution >= 0.6 is 0 Å². The molecular formula is C13H21N3O3. The number of hydrogen-bond acceptors (Lipinski definition) is 5. The third-order valence-electron chi connectivity index (χ3n) is 3.64. The highest BCUT2D eigenvalue weighted by Gasteiger charge is 2.32. The predicted molar refractivity (Wildman–Crippen MR) is 68.5 cm³/mol. The summed E-state index contributed by atoms with van der Waals surface area (Å²) < 4.78 is 5.09. The molecule has 2 rings (SSSR count). The van der Waals surface area contributed by atoms with Gasteiger partial charge in [-0.3, -0.25) is 4.79 Å². The van der Waals surface area contributed by atoms with Crippen LogP contribution in [-0.4, -0.2) is 27.8 Å². The summed E-state index contributed by atoms with van der Waals surface area (Å²) in [4.78, 5) is 15.3. The third-order valence-corrected chi connectivity index (χ3v) is 3.64. The topological polar surface area (TPSA) is 88.2 Å². The molecule has 2 atom stereocenters. The van der Waals surface area contributed by atoms with Gasteiger partial charge in [-0.1, -0.05) is 18.5 Å². The van der Waals surface area contributed by atoms with Crippen molar-refractivity contribution in [2.24, 2.45) is 11.8 Å². The van der Waals surface area contributed by atoms with Gasteiger partial charge in [-0.2, -0.15) is 4.98 Å². The highest BCUT2D eigenvalue weighted by Crippen LogP contribution is 2.31. The summed E-state index contributed by atoms with van der Waals surface area (Å²) in [7, 11) is 0. The second kappa shape index (κ2) is 6.65. The Balaban J connectivity index is 1.75. The molecule has 1 heterocycles. The summed E-state index contributed by atoms with van der Waals surface area (Å²) in [5.74, 6) is 0.666. The number of hydrogen-bond donors (Lipinski definition) is 2. The lowest BCUT2D eigenvalue weighted by Crippen LogP contribution is -2.29. The first-order chi connectivity index (χ1) is 9.20. The first kappa shape index (κ1) is 14.0. The van der Waals surface area contributed by atoms with Crippen molar-refractivity contribution in [2.45, 2.75) is 45.6 Å². The van der Waals surface area contributed by atoms with Crippen LogP contribution < -0.4 is 5.32 Å². The molecule has 0 spiro atoms. The van der Waals surface area contributed by atoms with Gasteiger partial charge in [0.1, 0.15) is 0 Å². The van der Waals surface area contributed by atoms with Crippen molar-refractivity contribution in [3.05, 3.63) is 11.7 Å². The first-order valence-corrected chi connectivity index (χ1v) is 6.95. The zero-order valence-electron chi connectivity index (χ0n) is 11.3. The molecule has 19 heavy (non-hydrogen) atoms. The Kier molecular flexibility index (Phi) is 4.90. The van der Waals surface area contributed by atoms with Crippen LogP contribution in [0.3, 0.4) is 0 Å². The molecule has 2 unspecified atom stereocenters. The fraction of sp³-hybridized carbons (Fsp3) is 0.769. The third kappa shape index (κ3) is 3.76. The molecule has 6 heteroatoms. The molecule has 0 aliphatic heterocycles. The van der Waals surface area contributed by atoms with Crippen LogP contribution in [0.5, 0.6) is 0 Å². The smallest absolute Gasteiger partial charge is 0.306 e. The van der Waals surface area contributed by atoms with Gasteiger partial charge in [-0.15, -0.1) is 0 Å². The van der Waals surface area contributed by atoms with Crippen molar-refractivity contribution in [1.82, 2.24) is 15.5 Å². The summed E-state index contributed by atoms with van der Waals surface area (Å²) in [5, 5.41) is 16.2. The minimum Gasteiger partial charge on any atom is -0.481 e. The Morgan fingerprint density at radius 1 is 1.53 bits per heavy atom. The van der Waals surface area contributed by atoms with Gasteiger partial charge in [0.2, 0.25) is 5.89 Å². The number of aryl methyl sites for hydroxylation is 1. The van der Waals surface area contributed by atoms with E-state index in [0.29, 0.717) is 24.8 Å². The Morgan fingerprint density at radius 2 is 2.37 bits per heavy atom. The highest BCUT2D eigenvalue weighted by molar-refractivity contribution is 5.70. The van der Waals surface area contributed by atoms with Crippen LogP contribution in [0.1, 0.15) is 44.3 Å². The van der Waals surface area contributed by atoms with E-state index in [1.807, 2.05) is 0 Å². The maximum absolute atomic E-state index is 11.1. The number of carbonyl (C=O) groups is 1. The molecule has 6 nitrogen and oxygen atoms in total. The second-order valence-corrected chi connectivity index (χ2v) is 5.12. The number of rotatable bonds is 7. The van der Waals surface area contributed by atoms with Gasteiger partial charge in [0.05, 0.1) is 12.5 Å². The van der Waals surface area contributed by atoms with Crippen LogP contribution in [0.4, 0.5) is 0 Å². The lowest BCUT2D eigenvalue weighted by molar-refractivity contribution is -0.142. The monoisotopic (exact) mass is 267 g/mol. The summed E-state index contributed by atoms with van der Waals surface area (Å²) in [6.45, 7) is 3.30. The standard InChI is InChI=1S/C13H21N3O3/c1-2-4-12-15-11(16-19-12)8-14-7-9-5-3-6-10(9)13(17)18/h9-10,14H,2-8H2,1H3,(H,17,18). The molecule has 1 aliphatic carbocycles. The first-order valence-electron chi connectivity index (χ1n) is 6.95. The Bertz CT molecular complexity index is 419. The van der Waals surface area contributed by atoms with E-state index in [4.69, 9.17) is 9.63 Å². The van der Waals surface area contributed by atoms with Crippen molar-refractivity contribution < 1.29 is 14.4 Å². The van der Waals surface area contributed by atoms with Gasteiger partial charge < -0.3 is 14.9 Å². The number of aromatic nitrogens is 2. The molecule has 2 N–H and O–H groups in total. The maximum atomic E-state index is 11.1. The summed E-state index contributed by atoms with van der Waals surface area (Å²) in [6, 6.07) is 0. The Morgan fingerprint density at radius 3 is 3.11 bits per heavy atom. The minimum absolute atomic E-state index is 0.201. The molecule has 106 valence electrons. The lowest BCUT2D eigenvalue weighted by atomic mass is 9.96. The molecule has 0 bridgehead atoms. The number of carboxylic acid groups (broad SMARTS) is 1. The van der Waals surface area contributed by atoms with Crippen LogP contribution in [0.2, 0.25) is 0 Å². The lowest BCUT2D eigenvalue weighted by Gasteiger charge is -2.15. The molecule has 1 fully saturated rings. The number of nitrogens with one attached hydrogen (secondary N) is 1. The summed E-state index contributed by atoms with van der Waals surface area (Å²) in [6.07, 6.45) is 4.57. The molecule has 0 amide bonds. The SMILES string of the molecule is CCCc1nc(CNCC2CCCC2C(=O)O)no1. The van der Waals surface area contributed by atoms with E-state index in [-0.39, 0.29) is 11.8 Å². The van der Waals surface area contributed by atoms with Gasteiger partial charge in [0.15, 0.2) is 5.82 Å². The van der Waals surface area contributed by atoms with Crippen molar-refractivity contribution in [3.8, 4) is 0 Å². The maximum Gasteiger partial charge on any atom is 0.306 e. The minimum atomic E-state index is -0.672. The van der Waals surface area contributed by atoms with E-state index in [0.717, 1.165) is 32.1 Å². The van der Waals surface area contributed by atoms with Crippen molar-refractivity contribution in [3.63, 3.8) is 0 Å². The normalized spacial score (nSPS) is 22.8. The van der Waals surface area contributed by atoms with Gasteiger partial charge >= 0.3 is 5.97 Å². The van der Waals surface area contributed by atoms with Gasteiger partial charge in [-0.05, 0) is 31.7 Å². The molecular weight excluding hydrogens is 246 g/mol. The van der Waals surface area contributed by atoms with E-state index >= 15 is 0 Å². The molecule has 1 aromatic heterocycles. The van der Waals surface area contributed by atoms with E-state index in [2.05, 4.69) is 22.4 Å². The number of carboxylic acids is 1. The van der Waals surface area contributed by atoms with Crippen molar-refractivity contribution >= 4 is 5.97 Å². The molecule has 1 saturated carbocycles. The summed E-state index contributed by atoms with van der Waals surface area (Å²) >= 11 is 0. The summed E-state index contributed by atoms with van der Waals surface area (Å²) in [5.41, 5.74) is 0. The Labute approximate surface area is 112 Å². The van der Waals surface area contributed by atoms with E-state index in [1.165, 1.54) is 0 Å². The number of aliphatic carboxylic acids is 1. The Hall–Kier alpha value is -1.43. The molecule has 0 aromatic carbocycles. The van der Waals surface area contributed by atoms with E-state index in [1.54, 1.807) is 0 Å². The fourth-order valence-electron chi connectivity index (χ4n) is 2.65. The van der Waals surface area contributed by atoms with Crippen LogP contribution in [-0.2, 0) is 17.8 Å². The van der Waals surface area contributed by atoms with Gasteiger partial charge in [0, 0.05) is 6.42 Å². The molecule has 0 radical (unpaired) electrons. The molecule has 0 saturated heterocycles. The predicted octanol–water partition coefficient (Wildman–Crippen LogP) is 1.61. The van der Waals surface area contributed by atoms with E-state index < -0.39 is 5.97 Å².